The Kier molecular flexibility index (Phi) is 3.29. The molecule has 0 spiro atoms. The van der Waals surface area contributed by atoms with E-state index in [1.54, 1.807) is 31.2 Å². The zero-order chi connectivity index (χ0) is 10.6. The second kappa shape index (κ2) is 4.46. The molecule has 1 aromatic carbocycles. The van der Waals surface area contributed by atoms with Crippen LogP contribution in [0.4, 0.5) is 5.69 Å². The van der Waals surface area contributed by atoms with Crippen molar-refractivity contribution in [3.63, 3.8) is 0 Å². The van der Waals surface area contributed by atoms with Crippen LogP contribution in [0.25, 0.3) is 5.76 Å². The van der Waals surface area contributed by atoms with Crippen LogP contribution in [0.2, 0.25) is 0 Å². The van der Waals surface area contributed by atoms with Gasteiger partial charge >= 0.3 is 0 Å². The third-order valence-corrected chi connectivity index (χ3v) is 1.83. The number of carbonyl (C=O) groups excluding carboxylic acids is 1. The molecule has 0 bridgehead atoms. The zero-order valence-corrected chi connectivity index (χ0v) is 8.08. The summed E-state index contributed by atoms with van der Waals surface area (Å²) in [7, 11) is 0. The monoisotopic (exact) mass is 191 g/mol. The summed E-state index contributed by atoms with van der Waals surface area (Å²) in [6, 6.07) is 6.99. The van der Waals surface area contributed by atoms with Gasteiger partial charge in [-0.1, -0.05) is 25.6 Å². The summed E-state index contributed by atoms with van der Waals surface area (Å²) < 4.78 is 0. The minimum absolute atomic E-state index is 0.0444. The molecule has 0 atom stereocenters. The van der Waals surface area contributed by atoms with Gasteiger partial charge in [0.1, 0.15) is 5.76 Å². The van der Waals surface area contributed by atoms with Crippen molar-refractivity contribution in [2.24, 2.45) is 0 Å². The Morgan fingerprint density at radius 1 is 1.50 bits per heavy atom. The highest BCUT2D eigenvalue weighted by molar-refractivity contribution is 5.93. The summed E-state index contributed by atoms with van der Waals surface area (Å²) in [4.78, 5) is 11.1. The second-order valence-electron chi connectivity index (χ2n) is 2.89. The Morgan fingerprint density at radius 2 is 2.14 bits per heavy atom. The van der Waals surface area contributed by atoms with Crippen molar-refractivity contribution in [3.05, 3.63) is 36.4 Å². The number of carbonyl (C=O) groups is 1. The first kappa shape index (κ1) is 10.3. The lowest BCUT2D eigenvalue weighted by atomic mass is 10.1. The first-order valence-corrected chi connectivity index (χ1v) is 4.42. The average Bonchev–Trinajstić information content (AvgIpc) is 2.18. The van der Waals surface area contributed by atoms with Gasteiger partial charge in [0.25, 0.3) is 0 Å². The van der Waals surface area contributed by atoms with Gasteiger partial charge in [-0.25, -0.2) is 0 Å². The van der Waals surface area contributed by atoms with Gasteiger partial charge in [-0.15, -0.1) is 0 Å². The van der Waals surface area contributed by atoms with E-state index in [0.29, 0.717) is 17.7 Å². The molecule has 0 aliphatic heterocycles. The minimum Gasteiger partial charge on any atom is -0.508 e. The van der Waals surface area contributed by atoms with Gasteiger partial charge in [-0.2, -0.15) is 0 Å². The lowest BCUT2D eigenvalue weighted by Gasteiger charge is -2.08. The van der Waals surface area contributed by atoms with E-state index < -0.39 is 0 Å². The topological polar surface area (TPSA) is 49.3 Å². The number of benzene rings is 1. The highest BCUT2D eigenvalue weighted by atomic mass is 16.3. The number of amides is 1. The maximum atomic E-state index is 11.1. The van der Waals surface area contributed by atoms with E-state index in [2.05, 4.69) is 11.9 Å². The Morgan fingerprint density at radius 3 is 2.71 bits per heavy atom. The molecule has 3 nitrogen and oxygen atoms in total. The van der Waals surface area contributed by atoms with E-state index >= 15 is 0 Å². The normalized spacial score (nSPS) is 9.50. The Labute approximate surface area is 83.1 Å². The number of aliphatic hydroxyl groups excluding tert-OH is 1. The standard InChI is InChI=1S/C11H13NO2/c1-3-11(14)12-10-7-5-4-6-9(10)8(2)13/h4-7,13H,2-3H2,1H3,(H,12,14). The molecule has 0 saturated carbocycles. The smallest absolute Gasteiger partial charge is 0.224 e. The Hall–Kier alpha value is -1.77. The van der Waals surface area contributed by atoms with E-state index in [-0.39, 0.29) is 11.7 Å². The number of rotatable bonds is 3. The van der Waals surface area contributed by atoms with Crippen molar-refractivity contribution in [1.29, 1.82) is 0 Å². The van der Waals surface area contributed by atoms with Crippen molar-refractivity contribution in [1.82, 2.24) is 0 Å². The minimum atomic E-state index is -0.0845. The predicted molar refractivity (Wildman–Crippen MR) is 57.0 cm³/mol. The molecule has 0 radical (unpaired) electrons. The van der Waals surface area contributed by atoms with E-state index in [1.165, 1.54) is 0 Å². The van der Waals surface area contributed by atoms with E-state index in [1.807, 2.05) is 0 Å². The Bertz CT molecular complexity index is 358. The highest BCUT2D eigenvalue weighted by Gasteiger charge is 2.05. The van der Waals surface area contributed by atoms with Crippen LogP contribution in [-0.2, 0) is 4.79 Å². The second-order valence-corrected chi connectivity index (χ2v) is 2.89. The fraction of sp³-hybridized carbons (Fsp3) is 0.182. The summed E-state index contributed by atoms with van der Waals surface area (Å²) in [5.41, 5.74) is 1.14. The molecule has 1 amide bonds. The number of hydrogen-bond acceptors (Lipinski definition) is 2. The van der Waals surface area contributed by atoms with E-state index in [0.717, 1.165) is 0 Å². The van der Waals surface area contributed by atoms with Gasteiger partial charge in [0.05, 0.1) is 5.69 Å². The predicted octanol–water partition coefficient (Wildman–Crippen LogP) is 2.56. The summed E-state index contributed by atoms with van der Waals surface area (Å²) >= 11 is 0. The van der Waals surface area contributed by atoms with Gasteiger partial charge in [0.2, 0.25) is 5.91 Å². The van der Waals surface area contributed by atoms with Crippen molar-refractivity contribution >= 4 is 17.4 Å². The molecule has 14 heavy (non-hydrogen) atoms. The Balaban J connectivity index is 2.95. The van der Waals surface area contributed by atoms with Crippen LogP contribution in [0.5, 0.6) is 0 Å². The fourth-order valence-corrected chi connectivity index (χ4v) is 1.08. The molecule has 1 rings (SSSR count). The zero-order valence-electron chi connectivity index (χ0n) is 8.08. The van der Waals surface area contributed by atoms with Crippen LogP contribution in [0, 0.1) is 0 Å². The van der Waals surface area contributed by atoms with Gasteiger partial charge < -0.3 is 10.4 Å². The molecule has 0 aliphatic rings. The first-order chi connectivity index (χ1) is 6.65. The number of hydrogen-bond donors (Lipinski definition) is 2. The molecule has 0 heterocycles. The van der Waals surface area contributed by atoms with Crippen molar-refractivity contribution < 1.29 is 9.90 Å². The maximum Gasteiger partial charge on any atom is 0.224 e. The molecule has 0 fully saturated rings. The fourth-order valence-electron chi connectivity index (χ4n) is 1.08. The van der Waals surface area contributed by atoms with Gasteiger partial charge in [0.15, 0.2) is 0 Å². The molecule has 2 N–H and O–H groups in total. The number of para-hydroxylation sites is 1. The molecule has 3 heteroatoms. The summed E-state index contributed by atoms with van der Waals surface area (Å²) in [5, 5.41) is 11.9. The quantitative estimate of drug-likeness (QED) is 0.721. The van der Waals surface area contributed by atoms with Crippen LogP contribution in [0.3, 0.4) is 0 Å². The molecular weight excluding hydrogens is 178 g/mol. The van der Waals surface area contributed by atoms with Gasteiger partial charge in [-0.3, -0.25) is 4.79 Å². The molecule has 0 unspecified atom stereocenters. The van der Waals surface area contributed by atoms with Gasteiger partial charge in [-0.05, 0) is 12.1 Å². The van der Waals surface area contributed by atoms with Crippen molar-refractivity contribution in [2.45, 2.75) is 13.3 Å². The van der Waals surface area contributed by atoms with Crippen LogP contribution in [-0.4, -0.2) is 11.0 Å². The largest absolute Gasteiger partial charge is 0.508 e. The van der Waals surface area contributed by atoms with E-state index in [9.17, 15) is 9.90 Å². The van der Waals surface area contributed by atoms with Crippen LogP contribution in [0.15, 0.2) is 30.8 Å². The summed E-state index contributed by atoms with van der Waals surface area (Å²) in [5.74, 6) is -0.129. The molecule has 0 saturated heterocycles. The third kappa shape index (κ3) is 2.36. The number of nitrogens with one attached hydrogen (secondary N) is 1. The third-order valence-electron chi connectivity index (χ3n) is 1.83. The number of aliphatic hydroxyl groups is 1. The molecular formula is C11H13NO2. The molecule has 0 aromatic heterocycles. The SMILES string of the molecule is C=C(O)c1ccccc1NC(=O)CC. The first-order valence-electron chi connectivity index (χ1n) is 4.42. The lowest BCUT2D eigenvalue weighted by Crippen LogP contribution is -2.10. The van der Waals surface area contributed by atoms with Crippen molar-refractivity contribution in [2.75, 3.05) is 5.32 Å². The molecule has 1 aromatic rings. The summed E-state index contributed by atoms with van der Waals surface area (Å²) in [6.07, 6.45) is 0.409. The van der Waals surface area contributed by atoms with Crippen molar-refractivity contribution in [3.8, 4) is 0 Å². The maximum absolute atomic E-state index is 11.1. The van der Waals surface area contributed by atoms with Gasteiger partial charge in [0, 0.05) is 12.0 Å². The number of anilines is 1. The average molecular weight is 191 g/mol. The van der Waals surface area contributed by atoms with E-state index in [4.69, 9.17) is 0 Å². The van der Waals surface area contributed by atoms with Crippen LogP contribution >= 0.6 is 0 Å². The molecule has 0 aliphatic carbocycles. The van der Waals surface area contributed by atoms with Crippen LogP contribution < -0.4 is 5.32 Å². The molecule has 74 valence electrons. The summed E-state index contributed by atoms with van der Waals surface area (Å²) in [6.45, 7) is 5.19. The van der Waals surface area contributed by atoms with Crippen LogP contribution in [0.1, 0.15) is 18.9 Å². The highest BCUT2D eigenvalue weighted by Crippen LogP contribution is 2.20. The lowest BCUT2D eigenvalue weighted by molar-refractivity contribution is -0.115.